The highest BCUT2D eigenvalue weighted by molar-refractivity contribution is 9.11. The fourth-order valence-corrected chi connectivity index (χ4v) is 3.02. The Bertz CT molecular complexity index is 742. The average Bonchev–Trinajstić information content (AvgIpc) is 2.42. The lowest BCUT2D eigenvalue weighted by Crippen LogP contribution is -1.96. The van der Waals surface area contributed by atoms with Gasteiger partial charge in [-0.25, -0.2) is 4.79 Å². The van der Waals surface area contributed by atoms with Gasteiger partial charge in [-0.3, -0.25) is 4.99 Å². The van der Waals surface area contributed by atoms with Gasteiger partial charge in [0.05, 0.1) is 15.7 Å². The number of carboxylic acid groups (broad SMARTS) is 1. The Kier molecular flexibility index (Phi) is 4.80. The number of halogens is 2. The molecule has 4 nitrogen and oxygen atoms in total. The predicted molar refractivity (Wildman–Crippen MR) is 88.9 cm³/mol. The molecule has 0 radical (unpaired) electrons. The fourth-order valence-electron chi connectivity index (χ4n) is 1.76. The molecule has 0 fully saturated rings. The predicted octanol–water partition coefficient (Wildman–Crippen LogP) is 4.67. The number of nitrogens with zero attached hydrogens (tertiary/aromatic N) is 1. The molecule has 6 heteroatoms. The molecule has 0 atom stereocenters. The molecule has 0 unspecified atom stereocenters. The van der Waals surface area contributed by atoms with E-state index in [1.165, 1.54) is 12.3 Å². The SMILES string of the molecule is Cc1cc(C(=O)O)ccc1N=Cc1cc(Br)cc(Br)c1O. The van der Waals surface area contributed by atoms with Crippen LogP contribution in [-0.4, -0.2) is 22.4 Å². The van der Waals surface area contributed by atoms with Gasteiger partial charge >= 0.3 is 5.97 Å². The number of phenols is 1. The van der Waals surface area contributed by atoms with Gasteiger partial charge in [0.1, 0.15) is 5.75 Å². The van der Waals surface area contributed by atoms with Crippen LogP contribution in [0.5, 0.6) is 5.75 Å². The van der Waals surface area contributed by atoms with Crippen molar-refractivity contribution >= 4 is 49.7 Å². The highest BCUT2D eigenvalue weighted by Gasteiger charge is 2.07. The highest BCUT2D eigenvalue weighted by atomic mass is 79.9. The van der Waals surface area contributed by atoms with Gasteiger partial charge < -0.3 is 10.2 Å². The van der Waals surface area contributed by atoms with Gasteiger partial charge in [0.15, 0.2) is 0 Å². The summed E-state index contributed by atoms with van der Waals surface area (Å²) in [6, 6.07) is 8.17. The second-order valence-electron chi connectivity index (χ2n) is 4.39. The maximum Gasteiger partial charge on any atom is 0.335 e. The molecule has 0 saturated heterocycles. The Labute approximate surface area is 138 Å². The third-order valence-corrected chi connectivity index (χ3v) is 3.91. The molecular formula is C15H11Br2NO3. The highest BCUT2D eigenvalue weighted by Crippen LogP contribution is 2.31. The standard InChI is InChI=1S/C15H11Br2NO3/c1-8-4-9(15(20)21)2-3-13(8)18-7-10-5-11(16)6-12(17)14(10)19/h2-7,19H,1H3,(H,20,21). The van der Waals surface area contributed by atoms with E-state index in [0.717, 1.165) is 10.0 Å². The van der Waals surface area contributed by atoms with Crippen molar-refractivity contribution < 1.29 is 15.0 Å². The number of benzene rings is 2. The molecular weight excluding hydrogens is 402 g/mol. The normalized spacial score (nSPS) is 11.0. The number of carbonyl (C=O) groups is 1. The van der Waals surface area contributed by atoms with Gasteiger partial charge in [-0.05, 0) is 58.7 Å². The topological polar surface area (TPSA) is 69.9 Å². The van der Waals surface area contributed by atoms with Gasteiger partial charge in [0, 0.05) is 16.3 Å². The number of aryl methyl sites for hydroxylation is 1. The Hall–Kier alpha value is -1.66. The molecule has 0 aliphatic rings. The van der Waals surface area contributed by atoms with Crippen LogP contribution < -0.4 is 0 Å². The summed E-state index contributed by atoms with van der Waals surface area (Å²) in [7, 11) is 0. The lowest BCUT2D eigenvalue weighted by molar-refractivity contribution is 0.0697. The van der Waals surface area contributed by atoms with Crippen molar-refractivity contribution in [1.29, 1.82) is 0 Å². The van der Waals surface area contributed by atoms with E-state index < -0.39 is 5.97 Å². The van der Waals surface area contributed by atoms with Crippen molar-refractivity contribution in [2.24, 2.45) is 4.99 Å². The van der Waals surface area contributed by atoms with Crippen LogP contribution in [0.25, 0.3) is 0 Å². The first-order valence-corrected chi connectivity index (χ1v) is 7.53. The summed E-state index contributed by atoms with van der Waals surface area (Å²) >= 11 is 6.60. The smallest absolute Gasteiger partial charge is 0.335 e. The molecule has 0 spiro atoms. The maximum absolute atomic E-state index is 10.9. The van der Waals surface area contributed by atoms with E-state index in [9.17, 15) is 9.90 Å². The number of carboxylic acids is 1. The molecule has 0 aromatic heterocycles. The van der Waals surface area contributed by atoms with Crippen molar-refractivity contribution in [2.45, 2.75) is 6.92 Å². The fraction of sp³-hybridized carbons (Fsp3) is 0.0667. The van der Waals surface area contributed by atoms with Crippen LogP contribution in [0.1, 0.15) is 21.5 Å². The summed E-state index contributed by atoms with van der Waals surface area (Å²) in [5, 5.41) is 18.9. The largest absolute Gasteiger partial charge is 0.506 e. The summed E-state index contributed by atoms with van der Waals surface area (Å²) in [5.74, 6) is -0.871. The first-order chi connectivity index (χ1) is 9.88. The van der Waals surface area contributed by atoms with Gasteiger partial charge in [0.2, 0.25) is 0 Å². The van der Waals surface area contributed by atoms with Crippen LogP contribution in [0.15, 0.2) is 44.3 Å². The second-order valence-corrected chi connectivity index (χ2v) is 6.16. The molecule has 21 heavy (non-hydrogen) atoms. The molecule has 108 valence electrons. The number of aromatic hydroxyl groups is 1. The van der Waals surface area contributed by atoms with Gasteiger partial charge in [-0.15, -0.1) is 0 Å². The van der Waals surface area contributed by atoms with Crippen LogP contribution in [0.3, 0.4) is 0 Å². The van der Waals surface area contributed by atoms with E-state index >= 15 is 0 Å². The van der Waals surface area contributed by atoms with Crippen LogP contribution in [0.4, 0.5) is 5.69 Å². The number of aromatic carboxylic acids is 1. The number of aliphatic imine (C=N–C) groups is 1. The van der Waals surface area contributed by atoms with Crippen molar-refractivity contribution in [3.63, 3.8) is 0 Å². The Morgan fingerprint density at radius 1 is 1.24 bits per heavy atom. The minimum atomic E-state index is -0.970. The number of rotatable bonds is 3. The number of hydrogen-bond donors (Lipinski definition) is 2. The number of hydrogen-bond acceptors (Lipinski definition) is 3. The summed E-state index contributed by atoms with van der Waals surface area (Å²) < 4.78 is 1.38. The van der Waals surface area contributed by atoms with Crippen molar-refractivity contribution in [2.75, 3.05) is 0 Å². The summed E-state index contributed by atoms with van der Waals surface area (Å²) in [4.78, 5) is 15.2. The van der Waals surface area contributed by atoms with Gasteiger partial charge in [-0.1, -0.05) is 15.9 Å². The van der Waals surface area contributed by atoms with Crippen LogP contribution in [-0.2, 0) is 0 Å². The zero-order valence-electron chi connectivity index (χ0n) is 11.0. The molecule has 0 aliphatic heterocycles. The third-order valence-electron chi connectivity index (χ3n) is 2.84. The monoisotopic (exact) mass is 411 g/mol. The maximum atomic E-state index is 10.9. The molecule has 2 N–H and O–H groups in total. The summed E-state index contributed by atoms with van der Waals surface area (Å²) in [6.45, 7) is 1.79. The van der Waals surface area contributed by atoms with Crippen molar-refractivity contribution in [1.82, 2.24) is 0 Å². The Balaban J connectivity index is 2.36. The second kappa shape index (κ2) is 6.41. The summed E-state index contributed by atoms with van der Waals surface area (Å²) in [6.07, 6.45) is 1.54. The Morgan fingerprint density at radius 2 is 1.95 bits per heavy atom. The lowest BCUT2D eigenvalue weighted by atomic mass is 10.1. The third kappa shape index (κ3) is 3.71. The Morgan fingerprint density at radius 3 is 2.57 bits per heavy atom. The first kappa shape index (κ1) is 15.7. The number of phenolic OH excluding ortho intramolecular Hbond substituents is 1. The lowest BCUT2D eigenvalue weighted by Gasteiger charge is -2.04. The minimum absolute atomic E-state index is 0.0989. The minimum Gasteiger partial charge on any atom is -0.506 e. The van der Waals surface area contributed by atoms with E-state index in [0.29, 0.717) is 15.7 Å². The molecule has 0 aliphatic carbocycles. The molecule has 0 bridgehead atoms. The van der Waals surface area contributed by atoms with E-state index in [4.69, 9.17) is 5.11 Å². The van der Waals surface area contributed by atoms with Crippen LogP contribution >= 0.6 is 31.9 Å². The average molecular weight is 413 g/mol. The molecule has 2 aromatic rings. The van der Waals surface area contributed by atoms with Crippen LogP contribution in [0, 0.1) is 6.92 Å². The van der Waals surface area contributed by atoms with Crippen LogP contribution in [0.2, 0.25) is 0 Å². The molecule has 2 aromatic carbocycles. The van der Waals surface area contributed by atoms with Gasteiger partial charge in [0.25, 0.3) is 0 Å². The van der Waals surface area contributed by atoms with Crippen molar-refractivity contribution in [3.8, 4) is 5.75 Å². The zero-order chi connectivity index (χ0) is 15.6. The first-order valence-electron chi connectivity index (χ1n) is 5.94. The quantitative estimate of drug-likeness (QED) is 0.719. The van der Waals surface area contributed by atoms with E-state index in [1.807, 2.05) is 0 Å². The summed E-state index contributed by atoms with van der Waals surface area (Å²) in [5.41, 5.74) is 2.17. The van der Waals surface area contributed by atoms with E-state index in [2.05, 4.69) is 36.9 Å². The molecule has 0 heterocycles. The molecule has 2 rings (SSSR count). The van der Waals surface area contributed by atoms with Gasteiger partial charge in [-0.2, -0.15) is 0 Å². The molecule has 0 amide bonds. The zero-order valence-corrected chi connectivity index (χ0v) is 14.1. The van der Waals surface area contributed by atoms with E-state index in [1.54, 1.807) is 31.2 Å². The molecule has 0 saturated carbocycles. The van der Waals surface area contributed by atoms with Crippen molar-refractivity contribution in [3.05, 3.63) is 56.0 Å². The van der Waals surface area contributed by atoms with E-state index in [-0.39, 0.29) is 11.3 Å².